The van der Waals surface area contributed by atoms with Gasteiger partial charge in [-0.1, -0.05) is 13.8 Å². The molecule has 0 radical (unpaired) electrons. The molecule has 2 heterocycles. The van der Waals surface area contributed by atoms with Crippen molar-refractivity contribution in [3.63, 3.8) is 0 Å². The molecule has 1 fully saturated rings. The number of rotatable bonds is 4. The second kappa shape index (κ2) is 5.62. The number of morpholine rings is 1. The van der Waals surface area contributed by atoms with E-state index in [4.69, 9.17) is 4.74 Å². The van der Waals surface area contributed by atoms with Crippen molar-refractivity contribution in [3.8, 4) is 0 Å². The molecule has 0 spiro atoms. The van der Waals surface area contributed by atoms with Crippen molar-refractivity contribution in [1.82, 2.24) is 20.2 Å². The van der Waals surface area contributed by atoms with E-state index < -0.39 is 0 Å². The van der Waals surface area contributed by atoms with E-state index in [9.17, 15) is 0 Å². The van der Waals surface area contributed by atoms with Crippen molar-refractivity contribution in [2.45, 2.75) is 26.3 Å². The summed E-state index contributed by atoms with van der Waals surface area (Å²) >= 11 is 0. The lowest BCUT2D eigenvalue weighted by atomic mass is 10.1. The average molecular weight is 238 g/mol. The van der Waals surface area contributed by atoms with Gasteiger partial charge in [-0.05, 0) is 5.92 Å². The van der Waals surface area contributed by atoms with Crippen LogP contribution in [0.15, 0.2) is 6.20 Å². The zero-order valence-corrected chi connectivity index (χ0v) is 10.9. The lowest BCUT2D eigenvalue weighted by Crippen LogP contribution is -2.45. The maximum atomic E-state index is 5.32. The zero-order chi connectivity index (χ0) is 12.3. The minimum absolute atomic E-state index is 0.470. The van der Waals surface area contributed by atoms with Gasteiger partial charge in [-0.25, -0.2) is 5.01 Å². The van der Waals surface area contributed by atoms with Gasteiger partial charge in [0.05, 0.1) is 18.9 Å². The summed E-state index contributed by atoms with van der Waals surface area (Å²) in [5, 5.41) is 6.73. The first-order valence-electron chi connectivity index (χ1n) is 6.25. The molecule has 5 heteroatoms. The molecule has 2 rings (SSSR count). The standard InChI is InChI=1S/C12H22N4O/c1-10(2)12-11(9-15(3)14-12)8-13-16-4-6-17-7-5-16/h9-10,13H,4-8H2,1-3H3. The van der Waals surface area contributed by atoms with Crippen LogP contribution in [0.5, 0.6) is 0 Å². The number of nitrogens with one attached hydrogen (secondary N) is 1. The molecule has 0 aliphatic carbocycles. The molecule has 96 valence electrons. The number of aryl methyl sites for hydroxylation is 1. The highest BCUT2D eigenvalue weighted by Crippen LogP contribution is 2.17. The molecule has 1 N–H and O–H groups in total. The Kier molecular flexibility index (Phi) is 4.15. The van der Waals surface area contributed by atoms with Crippen molar-refractivity contribution in [3.05, 3.63) is 17.5 Å². The predicted octanol–water partition coefficient (Wildman–Crippen LogP) is 0.880. The van der Waals surface area contributed by atoms with Gasteiger partial charge >= 0.3 is 0 Å². The number of hydrogen-bond acceptors (Lipinski definition) is 4. The van der Waals surface area contributed by atoms with Crippen LogP contribution >= 0.6 is 0 Å². The van der Waals surface area contributed by atoms with Gasteiger partial charge in [-0.2, -0.15) is 5.10 Å². The lowest BCUT2D eigenvalue weighted by Gasteiger charge is -2.27. The molecule has 1 aliphatic heterocycles. The van der Waals surface area contributed by atoms with Crippen LogP contribution in [-0.2, 0) is 18.3 Å². The Hall–Kier alpha value is -0.910. The van der Waals surface area contributed by atoms with Crippen molar-refractivity contribution < 1.29 is 4.74 Å². The third kappa shape index (κ3) is 3.28. The van der Waals surface area contributed by atoms with E-state index in [2.05, 4.69) is 35.6 Å². The first-order valence-corrected chi connectivity index (χ1v) is 6.25. The molecule has 1 aromatic heterocycles. The highest BCUT2D eigenvalue weighted by atomic mass is 16.5. The Labute approximate surface area is 103 Å². The number of hydrazine groups is 1. The Morgan fingerprint density at radius 2 is 2.12 bits per heavy atom. The molecule has 0 aromatic carbocycles. The molecular weight excluding hydrogens is 216 g/mol. The quantitative estimate of drug-likeness (QED) is 0.845. The predicted molar refractivity (Wildman–Crippen MR) is 66.5 cm³/mol. The van der Waals surface area contributed by atoms with Gasteiger partial charge in [0.15, 0.2) is 0 Å². The minimum atomic E-state index is 0.470. The summed E-state index contributed by atoms with van der Waals surface area (Å²) in [6.07, 6.45) is 2.10. The minimum Gasteiger partial charge on any atom is -0.379 e. The fraction of sp³-hybridized carbons (Fsp3) is 0.750. The summed E-state index contributed by atoms with van der Waals surface area (Å²) in [7, 11) is 1.98. The molecular formula is C12H22N4O. The summed E-state index contributed by atoms with van der Waals surface area (Å²) in [5.41, 5.74) is 5.92. The van der Waals surface area contributed by atoms with Crippen LogP contribution in [-0.4, -0.2) is 41.1 Å². The van der Waals surface area contributed by atoms with E-state index in [1.54, 1.807) is 0 Å². The van der Waals surface area contributed by atoms with Crippen LogP contribution in [0, 0.1) is 0 Å². The fourth-order valence-electron chi connectivity index (χ4n) is 2.10. The fourth-order valence-corrected chi connectivity index (χ4v) is 2.10. The van der Waals surface area contributed by atoms with Gasteiger partial charge in [0, 0.05) is 38.4 Å². The van der Waals surface area contributed by atoms with Crippen molar-refractivity contribution >= 4 is 0 Å². The maximum Gasteiger partial charge on any atom is 0.0695 e. The first-order chi connectivity index (χ1) is 8.16. The van der Waals surface area contributed by atoms with Gasteiger partial charge in [0.1, 0.15) is 0 Å². The van der Waals surface area contributed by atoms with E-state index in [-0.39, 0.29) is 0 Å². The molecule has 0 amide bonds. The number of ether oxygens (including phenoxy) is 1. The second-order valence-electron chi connectivity index (χ2n) is 4.80. The Balaban J connectivity index is 1.93. The maximum absolute atomic E-state index is 5.32. The molecule has 1 aliphatic rings. The molecule has 0 atom stereocenters. The van der Waals surface area contributed by atoms with E-state index in [0.29, 0.717) is 5.92 Å². The van der Waals surface area contributed by atoms with Crippen molar-refractivity contribution in [2.75, 3.05) is 26.3 Å². The Morgan fingerprint density at radius 3 is 2.76 bits per heavy atom. The monoisotopic (exact) mass is 238 g/mol. The van der Waals surface area contributed by atoms with Crippen LogP contribution in [0.2, 0.25) is 0 Å². The van der Waals surface area contributed by atoms with Crippen LogP contribution in [0.1, 0.15) is 31.0 Å². The molecule has 0 unspecified atom stereocenters. The SMILES string of the molecule is CC(C)c1nn(C)cc1CNN1CCOCC1. The lowest BCUT2D eigenvalue weighted by molar-refractivity contribution is 0.0105. The third-order valence-electron chi connectivity index (χ3n) is 2.99. The summed E-state index contributed by atoms with van der Waals surface area (Å²) in [6.45, 7) is 8.76. The summed E-state index contributed by atoms with van der Waals surface area (Å²) in [6, 6.07) is 0. The van der Waals surface area contributed by atoms with E-state index in [0.717, 1.165) is 32.8 Å². The molecule has 1 saturated heterocycles. The Bertz CT molecular complexity index is 355. The van der Waals surface area contributed by atoms with Gasteiger partial charge in [-0.3, -0.25) is 10.1 Å². The first kappa shape index (κ1) is 12.5. The second-order valence-corrected chi connectivity index (χ2v) is 4.80. The normalized spacial score (nSPS) is 17.9. The van der Waals surface area contributed by atoms with Crippen LogP contribution in [0.3, 0.4) is 0 Å². The van der Waals surface area contributed by atoms with Gasteiger partial charge in [-0.15, -0.1) is 0 Å². The average Bonchev–Trinajstić information content (AvgIpc) is 2.69. The number of nitrogens with zero attached hydrogens (tertiary/aromatic N) is 3. The number of hydrogen-bond donors (Lipinski definition) is 1. The summed E-state index contributed by atoms with van der Waals surface area (Å²) in [5.74, 6) is 0.470. The molecule has 0 bridgehead atoms. The molecule has 0 saturated carbocycles. The highest BCUT2D eigenvalue weighted by Gasteiger charge is 2.14. The van der Waals surface area contributed by atoms with Gasteiger partial charge in [0.25, 0.3) is 0 Å². The molecule has 5 nitrogen and oxygen atoms in total. The van der Waals surface area contributed by atoms with E-state index in [1.165, 1.54) is 11.3 Å². The van der Waals surface area contributed by atoms with Gasteiger partial charge in [0.2, 0.25) is 0 Å². The van der Waals surface area contributed by atoms with E-state index in [1.807, 2.05) is 11.7 Å². The Morgan fingerprint density at radius 1 is 1.41 bits per heavy atom. The van der Waals surface area contributed by atoms with Gasteiger partial charge < -0.3 is 4.74 Å². The largest absolute Gasteiger partial charge is 0.379 e. The van der Waals surface area contributed by atoms with Crippen LogP contribution in [0.4, 0.5) is 0 Å². The van der Waals surface area contributed by atoms with Crippen molar-refractivity contribution in [1.29, 1.82) is 0 Å². The zero-order valence-electron chi connectivity index (χ0n) is 10.9. The molecule has 17 heavy (non-hydrogen) atoms. The number of aromatic nitrogens is 2. The summed E-state index contributed by atoms with van der Waals surface area (Å²) < 4.78 is 7.21. The topological polar surface area (TPSA) is 42.3 Å². The summed E-state index contributed by atoms with van der Waals surface area (Å²) in [4.78, 5) is 0. The third-order valence-corrected chi connectivity index (χ3v) is 2.99. The molecule has 1 aromatic rings. The van der Waals surface area contributed by atoms with Crippen LogP contribution < -0.4 is 5.43 Å². The van der Waals surface area contributed by atoms with Crippen molar-refractivity contribution in [2.24, 2.45) is 7.05 Å². The smallest absolute Gasteiger partial charge is 0.0695 e. The van der Waals surface area contributed by atoms with Crippen LogP contribution in [0.25, 0.3) is 0 Å². The van der Waals surface area contributed by atoms with E-state index >= 15 is 0 Å². The highest BCUT2D eigenvalue weighted by molar-refractivity contribution is 5.19.